The summed E-state index contributed by atoms with van der Waals surface area (Å²) in [6, 6.07) is 5.99. The van der Waals surface area contributed by atoms with Crippen LogP contribution in [0.5, 0.6) is 5.88 Å². The molecule has 0 radical (unpaired) electrons. The van der Waals surface area contributed by atoms with Crippen LogP contribution in [0.2, 0.25) is 0 Å². The topological polar surface area (TPSA) is 117 Å². The van der Waals surface area contributed by atoms with Gasteiger partial charge in [-0.3, -0.25) is 13.9 Å². The van der Waals surface area contributed by atoms with Crippen molar-refractivity contribution in [3.63, 3.8) is 0 Å². The fourth-order valence-corrected chi connectivity index (χ4v) is 4.81. The van der Waals surface area contributed by atoms with Crippen LogP contribution in [0.3, 0.4) is 0 Å². The van der Waals surface area contributed by atoms with Gasteiger partial charge in [-0.2, -0.15) is 0 Å². The van der Waals surface area contributed by atoms with E-state index in [9.17, 15) is 19.1 Å². The van der Waals surface area contributed by atoms with E-state index in [4.69, 9.17) is 9.72 Å². The van der Waals surface area contributed by atoms with Crippen molar-refractivity contribution in [3.05, 3.63) is 68.4 Å². The Bertz CT molecular complexity index is 1590. The molecule has 3 heterocycles. The minimum Gasteiger partial charge on any atom is -0.473 e. The average Bonchev–Trinajstić information content (AvgIpc) is 3.26. The zero-order valence-electron chi connectivity index (χ0n) is 21.7. The molecule has 4 aromatic rings. The summed E-state index contributed by atoms with van der Waals surface area (Å²) in [5.74, 6) is 0.904. The molecule has 0 saturated heterocycles. The molecule has 10 nitrogen and oxygen atoms in total. The van der Waals surface area contributed by atoms with Gasteiger partial charge < -0.3 is 14.4 Å². The van der Waals surface area contributed by atoms with Gasteiger partial charge in [-0.1, -0.05) is 19.1 Å². The van der Waals surface area contributed by atoms with Crippen LogP contribution >= 0.6 is 0 Å². The summed E-state index contributed by atoms with van der Waals surface area (Å²) in [6.07, 6.45) is 4.04. The van der Waals surface area contributed by atoms with E-state index in [1.54, 1.807) is 36.7 Å². The van der Waals surface area contributed by atoms with Gasteiger partial charge in [0.2, 0.25) is 5.88 Å². The first-order valence-electron chi connectivity index (χ1n) is 12.9. The van der Waals surface area contributed by atoms with Gasteiger partial charge in [-0.15, -0.1) is 0 Å². The minimum absolute atomic E-state index is 0.0750. The van der Waals surface area contributed by atoms with Crippen molar-refractivity contribution in [1.82, 2.24) is 28.7 Å². The first-order valence-corrected chi connectivity index (χ1v) is 12.9. The van der Waals surface area contributed by atoms with Gasteiger partial charge in [0, 0.05) is 26.2 Å². The van der Waals surface area contributed by atoms with Crippen molar-refractivity contribution in [3.8, 4) is 17.4 Å². The van der Waals surface area contributed by atoms with E-state index in [0.29, 0.717) is 35.6 Å². The maximum absolute atomic E-state index is 13.7. The highest BCUT2D eigenvalue weighted by Crippen LogP contribution is 2.31. The summed E-state index contributed by atoms with van der Waals surface area (Å²) >= 11 is 0. The predicted molar refractivity (Wildman–Crippen MR) is 140 cm³/mol. The van der Waals surface area contributed by atoms with Crippen LogP contribution in [0, 0.1) is 18.7 Å². The summed E-state index contributed by atoms with van der Waals surface area (Å²) < 4.78 is 23.9. The Labute approximate surface area is 218 Å². The van der Waals surface area contributed by atoms with E-state index in [2.05, 4.69) is 16.9 Å². The molecule has 38 heavy (non-hydrogen) atoms. The molecule has 0 aliphatic heterocycles. The van der Waals surface area contributed by atoms with Crippen LogP contribution in [0.15, 0.2) is 40.1 Å². The van der Waals surface area contributed by atoms with E-state index in [-0.39, 0.29) is 49.2 Å². The molecule has 1 saturated carbocycles. The van der Waals surface area contributed by atoms with Crippen molar-refractivity contribution in [2.75, 3.05) is 6.61 Å². The number of hydrogen-bond acceptors (Lipinski definition) is 7. The lowest BCUT2D eigenvalue weighted by atomic mass is 9.84. The number of aliphatic hydroxyl groups is 1. The predicted octanol–water partition coefficient (Wildman–Crippen LogP) is 2.89. The Kier molecular flexibility index (Phi) is 7.11. The first kappa shape index (κ1) is 25.8. The van der Waals surface area contributed by atoms with Gasteiger partial charge in [0.1, 0.15) is 17.6 Å². The molecule has 5 rings (SSSR count). The van der Waals surface area contributed by atoms with E-state index in [1.807, 2.05) is 0 Å². The van der Waals surface area contributed by atoms with Gasteiger partial charge in [0.05, 0.1) is 11.9 Å². The highest BCUT2D eigenvalue weighted by Gasteiger charge is 2.29. The lowest BCUT2D eigenvalue weighted by molar-refractivity contribution is 0.0530. The highest BCUT2D eigenvalue weighted by atomic mass is 19.1. The molecule has 1 N–H and O–H groups in total. The van der Waals surface area contributed by atoms with Crippen LogP contribution in [0.1, 0.15) is 44.4 Å². The van der Waals surface area contributed by atoms with Crippen LogP contribution in [-0.2, 0) is 19.6 Å². The number of aromatic nitrogens is 6. The number of hydrogen-bond donors (Lipinski definition) is 1. The third kappa shape index (κ3) is 4.62. The average molecular weight is 523 g/mol. The molecule has 2 unspecified atom stereocenters. The number of benzene rings is 1. The highest BCUT2D eigenvalue weighted by molar-refractivity contribution is 5.77. The van der Waals surface area contributed by atoms with Gasteiger partial charge in [0.25, 0.3) is 5.56 Å². The second-order valence-corrected chi connectivity index (χ2v) is 9.73. The van der Waals surface area contributed by atoms with Crippen LogP contribution < -0.4 is 16.0 Å². The number of rotatable bonds is 9. The number of imidazole rings is 1. The van der Waals surface area contributed by atoms with Gasteiger partial charge in [-0.25, -0.2) is 24.1 Å². The van der Waals surface area contributed by atoms with Crippen molar-refractivity contribution in [1.29, 1.82) is 0 Å². The fraction of sp³-hybridized carbons (Fsp3) is 0.444. The lowest BCUT2D eigenvalue weighted by Gasteiger charge is -2.33. The zero-order chi connectivity index (χ0) is 27.0. The summed E-state index contributed by atoms with van der Waals surface area (Å²) in [6.45, 7) is 6.15. The number of nitrogens with zero attached hydrogens (tertiary/aromatic N) is 6. The Morgan fingerprint density at radius 2 is 1.87 bits per heavy atom. The molecule has 1 aromatic carbocycles. The van der Waals surface area contributed by atoms with Crippen molar-refractivity contribution in [2.24, 2.45) is 5.92 Å². The van der Waals surface area contributed by atoms with Gasteiger partial charge in [0.15, 0.2) is 17.0 Å². The number of fused-ring (bicyclic) bond motifs is 1. The monoisotopic (exact) mass is 522 g/mol. The van der Waals surface area contributed by atoms with E-state index >= 15 is 0 Å². The molecule has 1 fully saturated rings. The first-order chi connectivity index (χ1) is 18.3. The van der Waals surface area contributed by atoms with E-state index in [0.717, 1.165) is 23.0 Å². The van der Waals surface area contributed by atoms with Gasteiger partial charge in [-0.05, 0) is 56.7 Å². The molecule has 200 valence electrons. The number of ether oxygens (including phenoxy) is 1. The Balaban J connectivity index is 1.70. The van der Waals surface area contributed by atoms with Crippen LogP contribution in [-0.4, -0.2) is 46.5 Å². The molecule has 1 aliphatic carbocycles. The second-order valence-electron chi connectivity index (χ2n) is 9.73. The van der Waals surface area contributed by atoms with Crippen molar-refractivity contribution >= 4 is 11.2 Å². The molecular formula is C27H31FN6O4. The lowest BCUT2D eigenvalue weighted by Crippen LogP contribution is -2.40. The summed E-state index contributed by atoms with van der Waals surface area (Å²) in [5, 5.41) is 9.32. The molecular weight excluding hydrogens is 491 g/mol. The molecule has 1 aliphatic rings. The Morgan fingerprint density at radius 3 is 2.47 bits per heavy atom. The summed E-state index contributed by atoms with van der Waals surface area (Å²) in [4.78, 5) is 40.8. The second kappa shape index (κ2) is 10.5. The molecule has 3 aromatic heterocycles. The number of halogens is 1. The zero-order valence-corrected chi connectivity index (χ0v) is 21.7. The smallest absolute Gasteiger partial charge is 0.332 e. The fourth-order valence-electron chi connectivity index (χ4n) is 4.81. The number of aryl methyl sites for hydroxylation is 2. The largest absolute Gasteiger partial charge is 0.473 e. The molecule has 0 spiro atoms. The molecule has 11 heteroatoms. The quantitative estimate of drug-likeness (QED) is 0.359. The minimum atomic E-state index is -0.506. The Morgan fingerprint density at radius 1 is 1.11 bits per heavy atom. The molecule has 0 bridgehead atoms. The SMILES string of the molecule is CCn1c(=O)n(CCCO)c(=O)c2c1nc(-c1ncc(OC3CCC3C)nc1C)n2Cc1ccc(F)cc1. The normalized spacial score (nSPS) is 17.1. The Hall–Kier alpha value is -3.86. The molecule has 0 amide bonds. The van der Waals surface area contributed by atoms with Gasteiger partial charge >= 0.3 is 5.69 Å². The molecule has 2 atom stereocenters. The maximum Gasteiger partial charge on any atom is 0.332 e. The van der Waals surface area contributed by atoms with E-state index in [1.165, 1.54) is 16.7 Å². The van der Waals surface area contributed by atoms with Crippen LogP contribution in [0.25, 0.3) is 22.7 Å². The standard InChI is InChI=1S/C27H31FN6O4/c1-4-32-25-23(26(36)33(27(32)37)12-5-13-35)34(15-18-7-9-19(28)10-8-18)24(31-25)22-17(3)30-21(14-29-22)38-20-11-6-16(20)2/h7-10,14,16,20,35H,4-6,11-13,15H2,1-3H3. The van der Waals surface area contributed by atoms with Crippen LogP contribution in [0.4, 0.5) is 4.39 Å². The third-order valence-electron chi connectivity index (χ3n) is 7.17. The summed E-state index contributed by atoms with van der Waals surface area (Å²) in [5.41, 5.74) is 1.24. The summed E-state index contributed by atoms with van der Waals surface area (Å²) in [7, 11) is 0. The maximum atomic E-state index is 13.7. The van der Waals surface area contributed by atoms with Crippen molar-refractivity contribution in [2.45, 2.75) is 65.8 Å². The van der Waals surface area contributed by atoms with Crippen molar-refractivity contribution < 1.29 is 14.2 Å². The van der Waals surface area contributed by atoms with E-state index < -0.39 is 11.2 Å². The number of aliphatic hydroxyl groups excluding tert-OH is 1. The third-order valence-corrected chi connectivity index (χ3v) is 7.17.